The lowest BCUT2D eigenvalue weighted by atomic mass is 10.2. The van der Waals surface area contributed by atoms with Crippen LogP contribution in [0, 0.1) is 6.92 Å². The number of H-pyrrole nitrogens is 1. The molecule has 0 aliphatic carbocycles. The van der Waals surface area contributed by atoms with E-state index in [9.17, 15) is 0 Å². The lowest BCUT2D eigenvalue weighted by Gasteiger charge is -2.03. The fourth-order valence-corrected chi connectivity index (χ4v) is 4.94. The van der Waals surface area contributed by atoms with Crippen LogP contribution in [0.15, 0.2) is 82.7 Å². The number of benzene rings is 2. The van der Waals surface area contributed by atoms with Crippen LogP contribution in [0.3, 0.4) is 0 Å². The van der Waals surface area contributed by atoms with E-state index in [1.54, 1.807) is 28.0 Å². The molecule has 0 fully saturated rings. The van der Waals surface area contributed by atoms with E-state index in [1.807, 2.05) is 62.4 Å². The standard InChI is InChI=1S/C25H24N8S2/c1-17(26-22-28-24(31-30-22)34-15-19-9-5-3-6-10-19)13-21-14-18(2)33-23(27-21)29-25(32-33)35-16-20-11-7-4-8-12-20/h3-14H,15-16H2,1-2H3,(H2,26,28,30,31)/b17-13-. The highest BCUT2D eigenvalue weighted by Gasteiger charge is 2.10. The van der Waals surface area contributed by atoms with Crippen molar-refractivity contribution >= 4 is 41.3 Å². The molecule has 0 bridgehead atoms. The van der Waals surface area contributed by atoms with E-state index in [0.29, 0.717) is 22.0 Å². The molecule has 0 unspecified atom stereocenters. The first-order valence-corrected chi connectivity index (χ1v) is 13.0. The SMILES string of the molecule is C/C(=C/c1cc(C)n2nc(SCc3ccccc3)nc2n1)Nc1nc(SCc2ccccc2)n[nH]1. The normalized spacial score (nSPS) is 11.8. The topological polar surface area (TPSA) is 96.7 Å². The number of nitrogens with zero attached hydrogens (tertiary/aromatic N) is 6. The number of allylic oxidation sites excluding steroid dienone is 1. The Balaban J connectivity index is 1.24. The van der Waals surface area contributed by atoms with E-state index in [4.69, 9.17) is 0 Å². The zero-order valence-electron chi connectivity index (χ0n) is 19.3. The van der Waals surface area contributed by atoms with Crippen LogP contribution in [0.4, 0.5) is 5.95 Å². The Kier molecular flexibility index (Phi) is 7.10. The average Bonchev–Trinajstić information content (AvgIpc) is 3.49. The lowest BCUT2D eigenvalue weighted by Crippen LogP contribution is -2.00. The van der Waals surface area contributed by atoms with Crippen molar-refractivity contribution in [3.05, 3.63) is 94.9 Å². The Morgan fingerprint density at radius 3 is 2.26 bits per heavy atom. The Hall–Kier alpha value is -3.63. The molecular weight excluding hydrogens is 476 g/mol. The molecule has 0 saturated heterocycles. The number of thioether (sulfide) groups is 2. The molecule has 3 aromatic heterocycles. The van der Waals surface area contributed by atoms with Gasteiger partial charge in [0.25, 0.3) is 5.78 Å². The fourth-order valence-electron chi connectivity index (χ4n) is 3.41. The maximum Gasteiger partial charge on any atom is 0.253 e. The summed E-state index contributed by atoms with van der Waals surface area (Å²) in [4.78, 5) is 13.8. The Morgan fingerprint density at radius 1 is 0.914 bits per heavy atom. The number of rotatable bonds is 9. The number of aryl methyl sites for hydroxylation is 1. The minimum Gasteiger partial charge on any atom is -0.328 e. The predicted octanol–water partition coefficient (Wildman–Crippen LogP) is 5.61. The lowest BCUT2D eigenvalue weighted by molar-refractivity contribution is 0.846. The number of nitrogens with one attached hydrogen (secondary N) is 2. The van der Waals surface area contributed by atoms with Gasteiger partial charge < -0.3 is 5.32 Å². The third-order valence-electron chi connectivity index (χ3n) is 5.06. The summed E-state index contributed by atoms with van der Waals surface area (Å²) in [6, 6.07) is 22.6. The molecule has 0 spiro atoms. The monoisotopic (exact) mass is 500 g/mol. The summed E-state index contributed by atoms with van der Waals surface area (Å²) in [5, 5.41) is 16.5. The number of fused-ring (bicyclic) bond motifs is 1. The smallest absolute Gasteiger partial charge is 0.253 e. The van der Waals surface area contributed by atoms with Gasteiger partial charge in [0.05, 0.1) is 5.69 Å². The fraction of sp³-hybridized carbons (Fsp3) is 0.160. The maximum atomic E-state index is 4.67. The van der Waals surface area contributed by atoms with Crippen molar-refractivity contribution in [2.75, 3.05) is 5.32 Å². The van der Waals surface area contributed by atoms with E-state index in [-0.39, 0.29) is 0 Å². The first kappa shape index (κ1) is 23.1. The molecule has 0 radical (unpaired) electrons. The molecule has 2 N–H and O–H groups in total. The van der Waals surface area contributed by atoms with Gasteiger partial charge in [0.15, 0.2) is 0 Å². The third kappa shape index (κ3) is 6.09. The summed E-state index contributed by atoms with van der Waals surface area (Å²) in [6.45, 7) is 3.97. The summed E-state index contributed by atoms with van der Waals surface area (Å²) in [7, 11) is 0. The molecule has 35 heavy (non-hydrogen) atoms. The van der Waals surface area contributed by atoms with Crippen molar-refractivity contribution < 1.29 is 0 Å². The first-order chi connectivity index (χ1) is 17.1. The molecule has 3 heterocycles. The van der Waals surface area contributed by atoms with E-state index >= 15 is 0 Å². The molecule has 0 aliphatic rings. The van der Waals surface area contributed by atoms with Crippen molar-refractivity contribution in [2.24, 2.45) is 0 Å². The Bertz CT molecular complexity index is 1440. The van der Waals surface area contributed by atoms with Crippen LogP contribution in [0.5, 0.6) is 0 Å². The molecule has 5 aromatic rings. The number of anilines is 1. The molecule has 5 rings (SSSR count). The van der Waals surface area contributed by atoms with Gasteiger partial charge in [0.2, 0.25) is 16.3 Å². The molecule has 0 aliphatic heterocycles. The zero-order valence-corrected chi connectivity index (χ0v) is 21.0. The van der Waals surface area contributed by atoms with Gasteiger partial charge >= 0.3 is 0 Å². The van der Waals surface area contributed by atoms with Gasteiger partial charge in [0, 0.05) is 22.9 Å². The summed E-state index contributed by atoms with van der Waals surface area (Å²) in [5.41, 5.74) is 5.12. The molecule has 176 valence electrons. The first-order valence-electron chi connectivity index (χ1n) is 11.1. The number of aromatic nitrogens is 7. The summed E-state index contributed by atoms with van der Waals surface area (Å²) in [5.74, 6) is 2.81. The zero-order chi connectivity index (χ0) is 24.0. The van der Waals surface area contributed by atoms with Crippen molar-refractivity contribution in [2.45, 2.75) is 35.7 Å². The number of aromatic amines is 1. The summed E-state index contributed by atoms with van der Waals surface area (Å²) < 4.78 is 1.78. The van der Waals surface area contributed by atoms with Gasteiger partial charge in [-0.1, -0.05) is 84.2 Å². The van der Waals surface area contributed by atoms with Crippen molar-refractivity contribution in [3.8, 4) is 0 Å². The van der Waals surface area contributed by atoms with Crippen molar-refractivity contribution in [1.29, 1.82) is 0 Å². The molecule has 0 atom stereocenters. The van der Waals surface area contributed by atoms with Gasteiger partial charge in [-0.2, -0.15) is 9.97 Å². The van der Waals surface area contributed by atoms with Gasteiger partial charge in [-0.25, -0.2) is 14.6 Å². The second-order valence-electron chi connectivity index (χ2n) is 7.90. The minimum absolute atomic E-state index is 0.582. The maximum absolute atomic E-state index is 4.67. The van der Waals surface area contributed by atoms with Crippen LogP contribution in [0.25, 0.3) is 11.9 Å². The number of hydrogen-bond donors (Lipinski definition) is 2. The van der Waals surface area contributed by atoms with Gasteiger partial charge in [-0.05, 0) is 37.1 Å². The number of hydrogen-bond acceptors (Lipinski definition) is 8. The van der Waals surface area contributed by atoms with E-state index in [0.717, 1.165) is 28.6 Å². The van der Waals surface area contributed by atoms with Crippen LogP contribution in [0.1, 0.15) is 29.4 Å². The van der Waals surface area contributed by atoms with Gasteiger partial charge in [0.1, 0.15) is 0 Å². The van der Waals surface area contributed by atoms with Crippen LogP contribution in [-0.2, 0) is 11.5 Å². The highest BCUT2D eigenvalue weighted by Crippen LogP contribution is 2.22. The van der Waals surface area contributed by atoms with E-state index in [2.05, 4.69) is 59.8 Å². The Labute approximate surface area is 211 Å². The molecule has 0 amide bonds. The molecule has 8 nitrogen and oxygen atoms in total. The summed E-state index contributed by atoms with van der Waals surface area (Å²) >= 11 is 3.19. The van der Waals surface area contributed by atoms with E-state index in [1.165, 1.54) is 11.1 Å². The molecule has 2 aromatic carbocycles. The second kappa shape index (κ2) is 10.7. The average molecular weight is 501 g/mol. The van der Waals surface area contributed by atoms with Crippen LogP contribution in [0.2, 0.25) is 0 Å². The van der Waals surface area contributed by atoms with Crippen molar-refractivity contribution in [1.82, 2.24) is 34.8 Å². The van der Waals surface area contributed by atoms with Crippen LogP contribution >= 0.6 is 23.5 Å². The molecule has 0 saturated carbocycles. The quantitative estimate of drug-likeness (QED) is 0.252. The molecular formula is C25H24N8S2. The van der Waals surface area contributed by atoms with Gasteiger partial charge in [-0.15, -0.1) is 10.2 Å². The van der Waals surface area contributed by atoms with Crippen LogP contribution in [-0.4, -0.2) is 34.8 Å². The van der Waals surface area contributed by atoms with Crippen molar-refractivity contribution in [3.63, 3.8) is 0 Å². The third-order valence-corrected chi connectivity index (χ3v) is 6.88. The van der Waals surface area contributed by atoms with Crippen LogP contribution < -0.4 is 5.32 Å². The Morgan fingerprint density at radius 2 is 1.57 bits per heavy atom. The highest BCUT2D eigenvalue weighted by atomic mass is 32.2. The van der Waals surface area contributed by atoms with Gasteiger partial charge in [-0.3, -0.25) is 0 Å². The van der Waals surface area contributed by atoms with E-state index < -0.39 is 0 Å². The molecule has 10 heteroatoms. The largest absolute Gasteiger partial charge is 0.328 e. The highest BCUT2D eigenvalue weighted by molar-refractivity contribution is 7.98. The summed E-state index contributed by atoms with van der Waals surface area (Å²) in [6.07, 6.45) is 1.96. The second-order valence-corrected chi connectivity index (χ2v) is 9.78. The predicted molar refractivity (Wildman–Crippen MR) is 141 cm³/mol. The minimum atomic E-state index is 0.582.